The van der Waals surface area contributed by atoms with Crippen molar-refractivity contribution in [1.29, 1.82) is 0 Å². The highest BCUT2D eigenvalue weighted by atomic mass is 19.4. The Hall–Kier alpha value is -1.43. The minimum absolute atomic E-state index is 0.0230. The second-order valence-electron chi connectivity index (χ2n) is 5.45. The Balaban J connectivity index is 1.84. The zero-order valence-electron chi connectivity index (χ0n) is 10.5. The summed E-state index contributed by atoms with van der Waals surface area (Å²) in [6.45, 7) is 0. The standard InChI is InChI=1S/C14H13F4NO/c15-11-5-7(1-3-10(11)14(16,17)18)13(20)9-6-8-2-4-12(9)19-8/h1,3,5,8-9,12,19H,2,4,6H2. The van der Waals surface area contributed by atoms with Gasteiger partial charge in [-0.1, -0.05) is 6.07 Å². The van der Waals surface area contributed by atoms with Gasteiger partial charge >= 0.3 is 6.18 Å². The fourth-order valence-corrected chi connectivity index (χ4v) is 3.23. The van der Waals surface area contributed by atoms with Crippen LogP contribution in [0.25, 0.3) is 0 Å². The number of fused-ring (bicyclic) bond motifs is 2. The maximum Gasteiger partial charge on any atom is 0.419 e. The minimum Gasteiger partial charge on any atom is -0.310 e. The molecule has 0 amide bonds. The van der Waals surface area contributed by atoms with Gasteiger partial charge in [-0.2, -0.15) is 13.2 Å². The van der Waals surface area contributed by atoms with E-state index in [0.717, 1.165) is 18.9 Å². The monoisotopic (exact) mass is 287 g/mol. The highest BCUT2D eigenvalue weighted by Crippen LogP contribution is 2.36. The highest BCUT2D eigenvalue weighted by Gasteiger charge is 2.43. The molecular weight excluding hydrogens is 274 g/mol. The van der Waals surface area contributed by atoms with Gasteiger partial charge in [0, 0.05) is 23.6 Å². The SMILES string of the molecule is O=C(c1ccc(C(F)(F)F)c(F)c1)C1CC2CCC1N2. The molecule has 0 aliphatic carbocycles. The highest BCUT2D eigenvalue weighted by molar-refractivity contribution is 5.98. The zero-order valence-corrected chi connectivity index (χ0v) is 10.5. The Bertz CT molecular complexity index is 555. The lowest BCUT2D eigenvalue weighted by Gasteiger charge is -2.19. The lowest BCUT2D eigenvalue weighted by molar-refractivity contribution is -0.140. The van der Waals surface area contributed by atoms with Crippen LogP contribution in [0.15, 0.2) is 18.2 Å². The van der Waals surface area contributed by atoms with Crippen molar-refractivity contribution in [3.8, 4) is 0 Å². The summed E-state index contributed by atoms with van der Waals surface area (Å²) in [5.74, 6) is -1.90. The van der Waals surface area contributed by atoms with E-state index < -0.39 is 17.6 Å². The van der Waals surface area contributed by atoms with E-state index in [4.69, 9.17) is 0 Å². The van der Waals surface area contributed by atoms with Crippen LogP contribution in [0, 0.1) is 11.7 Å². The molecule has 0 saturated carbocycles. The Kier molecular flexibility index (Phi) is 3.08. The first-order valence-electron chi connectivity index (χ1n) is 6.53. The normalized spacial score (nSPS) is 28.9. The van der Waals surface area contributed by atoms with Crippen LogP contribution in [-0.4, -0.2) is 17.9 Å². The van der Waals surface area contributed by atoms with Gasteiger partial charge in [-0.05, 0) is 31.4 Å². The van der Waals surface area contributed by atoms with E-state index in [1.165, 1.54) is 0 Å². The Morgan fingerprint density at radius 3 is 2.50 bits per heavy atom. The van der Waals surface area contributed by atoms with Crippen LogP contribution in [0.3, 0.4) is 0 Å². The number of rotatable bonds is 2. The molecule has 2 aliphatic rings. The maximum atomic E-state index is 13.5. The summed E-state index contributed by atoms with van der Waals surface area (Å²) in [4.78, 5) is 12.3. The van der Waals surface area contributed by atoms with E-state index in [2.05, 4.69) is 5.32 Å². The molecule has 0 aromatic heterocycles. The number of nitrogens with one attached hydrogen (secondary N) is 1. The van der Waals surface area contributed by atoms with Gasteiger partial charge < -0.3 is 5.32 Å². The summed E-state index contributed by atoms with van der Waals surface area (Å²) in [7, 11) is 0. The summed E-state index contributed by atoms with van der Waals surface area (Å²) in [5.41, 5.74) is -1.31. The van der Waals surface area contributed by atoms with Crippen molar-refractivity contribution in [2.75, 3.05) is 0 Å². The molecule has 1 N–H and O–H groups in total. The average molecular weight is 287 g/mol. The molecule has 0 radical (unpaired) electrons. The number of halogens is 4. The topological polar surface area (TPSA) is 29.1 Å². The number of carbonyl (C=O) groups excluding carboxylic acids is 1. The molecule has 0 spiro atoms. The Morgan fingerprint density at radius 1 is 1.25 bits per heavy atom. The van der Waals surface area contributed by atoms with Crippen LogP contribution in [0.4, 0.5) is 17.6 Å². The maximum absolute atomic E-state index is 13.5. The van der Waals surface area contributed by atoms with Gasteiger partial charge in [-0.3, -0.25) is 4.79 Å². The number of ketones is 1. The Morgan fingerprint density at radius 2 is 2.00 bits per heavy atom. The smallest absolute Gasteiger partial charge is 0.310 e. The van der Waals surface area contributed by atoms with Crippen LogP contribution in [0.1, 0.15) is 35.2 Å². The van der Waals surface area contributed by atoms with Gasteiger partial charge in [0.05, 0.1) is 5.56 Å². The number of benzene rings is 1. The van der Waals surface area contributed by atoms with E-state index >= 15 is 0 Å². The van der Waals surface area contributed by atoms with Crippen molar-refractivity contribution in [1.82, 2.24) is 5.32 Å². The molecule has 2 fully saturated rings. The molecule has 2 bridgehead atoms. The van der Waals surface area contributed by atoms with Crippen molar-refractivity contribution in [2.45, 2.75) is 37.5 Å². The molecule has 3 rings (SSSR count). The summed E-state index contributed by atoms with van der Waals surface area (Å²) in [5, 5.41) is 3.28. The van der Waals surface area contributed by atoms with Crippen LogP contribution < -0.4 is 5.32 Å². The fourth-order valence-electron chi connectivity index (χ4n) is 3.23. The predicted octanol–water partition coefficient (Wildman–Crippen LogP) is 3.17. The van der Waals surface area contributed by atoms with Crippen molar-refractivity contribution in [3.63, 3.8) is 0 Å². The van der Waals surface area contributed by atoms with Crippen molar-refractivity contribution in [3.05, 3.63) is 35.1 Å². The van der Waals surface area contributed by atoms with Gasteiger partial charge in [-0.15, -0.1) is 0 Å². The van der Waals surface area contributed by atoms with Crippen molar-refractivity contribution < 1.29 is 22.4 Å². The number of alkyl halides is 3. The summed E-state index contributed by atoms with van der Waals surface area (Å²) < 4.78 is 50.9. The first-order valence-corrected chi connectivity index (χ1v) is 6.53. The molecule has 20 heavy (non-hydrogen) atoms. The number of hydrogen-bond acceptors (Lipinski definition) is 2. The van der Waals surface area contributed by atoms with Gasteiger partial charge in [0.2, 0.25) is 0 Å². The molecule has 1 aromatic rings. The molecule has 108 valence electrons. The van der Waals surface area contributed by atoms with Gasteiger partial charge in [0.1, 0.15) is 5.82 Å². The molecule has 2 heterocycles. The molecule has 1 aromatic carbocycles. The summed E-state index contributed by atoms with van der Waals surface area (Å²) in [6.07, 6.45) is -2.13. The lowest BCUT2D eigenvalue weighted by atomic mass is 9.83. The number of Topliss-reactive ketones (excluding diaryl/α,β-unsaturated/α-hetero) is 1. The molecule has 2 nitrogen and oxygen atoms in total. The van der Waals surface area contributed by atoms with Gasteiger partial charge in [0.15, 0.2) is 5.78 Å². The third-order valence-corrected chi connectivity index (χ3v) is 4.20. The van der Waals surface area contributed by atoms with E-state index in [1.807, 2.05) is 0 Å². The van der Waals surface area contributed by atoms with Crippen LogP contribution >= 0.6 is 0 Å². The average Bonchev–Trinajstić information content (AvgIpc) is 2.98. The predicted molar refractivity (Wildman–Crippen MR) is 63.8 cm³/mol. The third kappa shape index (κ3) is 2.22. The lowest BCUT2D eigenvalue weighted by Crippen LogP contribution is -2.29. The molecule has 3 atom stereocenters. The third-order valence-electron chi connectivity index (χ3n) is 4.20. The fraction of sp³-hybridized carbons (Fsp3) is 0.500. The van der Waals surface area contributed by atoms with E-state index in [0.29, 0.717) is 24.6 Å². The summed E-state index contributed by atoms with van der Waals surface area (Å²) >= 11 is 0. The zero-order chi connectivity index (χ0) is 14.5. The van der Waals surface area contributed by atoms with E-state index in [9.17, 15) is 22.4 Å². The van der Waals surface area contributed by atoms with Crippen molar-refractivity contribution >= 4 is 5.78 Å². The van der Waals surface area contributed by atoms with E-state index in [-0.39, 0.29) is 23.3 Å². The molecule has 3 unspecified atom stereocenters. The minimum atomic E-state index is -4.74. The quantitative estimate of drug-likeness (QED) is 0.668. The second kappa shape index (κ2) is 4.55. The molecular formula is C14H13F4NO. The molecule has 2 saturated heterocycles. The van der Waals surface area contributed by atoms with E-state index in [1.54, 1.807) is 0 Å². The second-order valence-corrected chi connectivity index (χ2v) is 5.45. The van der Waals surface area contributed by atoms with Gasteiger partial charge in [0.25, 0.3) is 0 Å². The number of hydrogen-bond donors (Lipinski definition) is 1. The van der Waals surface area contributed by atoms with Crippen molar-refractivity contribution in [2.24, 2.45) is 5.92 Å². The summed E-state index contributed by atoms with van der Waals surface area (Å²) in [6, 6.07) is 2.81. The van der Waals surface area contributed by atoms with Crippen LogP contribution in [0.5, 0.6) is 0 Å². The van der Waals surface area contributed by atoms with Gasteiger partial charge in [-0.25, -0.2) is 4.39 Å². The Labute approximate surface area is 113 Å². The number of carbonyl (C=O) groups is 1. The van der Waals surface area contributed by atoms with Crippen LogP contribution in [0.2, 0.25) is 0 Å². The first kappa shape index (κ1) is 13.5. The largest absolute Gasteiger partial charge is 0.419 e. The molecule has 2 aliphatic heterocycles. The molecule has 6 heteroatoms. The van der Waals surface area contributed by atoms with Crippen LogP contribution in [-0.2, 0) is 6.18 Å². The first-order chi connectivity index (χ1) is 9.36.